The third-order valence-corrected chi connectivity index (χ3v) is 9.90. The zero-order chi connectivity index (χ0) is 25.4. The number of hydrogen-bond acceptors (Lipinski definition) is 5. The van der Waals surface area contributed by atoms with Crippen LogP contribution < -0.4 is 10.6 Å². The molecule has 0 saturated carbocycles. The number of nitrogens with zero attached hydrogens (tertiary/aromatic N) is 1. The molecule has 3 amide bonds. The lowest BCUT2D eigenvalue weighted by Crippen LogP contribution is -2.52. The van der Waals surface area contributed by atoms with Crippen molar-refractivity contribution < 1.29 is 19.5 Å². The number of carbonyl (C=O) groups excluding carboxylic acids is 3. The quantitative estimate of drug-likeness (QED) is 0.510. The number of hydrogen-bond donors (Lipinski definition) is 3. The molecule has 3 fully saturated rings. The number of nitrogens with one attached hydrogen (secondary N) is 2. The third kappa shape index (κ3) is 4.10. The smallest absolute Gasteiger partial charge is 0.248 e. The van der Waals surface area contributed by atoms with Gasteiger partial charge in [-0.05, 0) is 49.8 Å². The summed E-state index contributed by atoms with van der Waals surface area (Å²) in [7, 11) is 0. The van der Waals surface area contributed by atoms with E-state index in [2.05, 4.69) is 10.6 Å². The Morgan fingerprint density at radius 2 is 1.81 bits per heavy atom. The van der Waals surface area contributed by atoms with Gasteiger partial charge in [-0.2, -0.15) is 0 Å². The zero-order valence-corrected chi connectivity index (χ0v) is 21.5. The van der Waals surface area contributed by atoms with Crippen LogP contribution in [0.15, 0.2) is 48.5 Å². The van der Waals surface area contributed by atoms with Crippen LogP contribution in [0, 0.1) is 25.7 Å². The lowest BCUT2D eigenvalue weighted by molar-refractivity contribution is -0.139. The van der Waals surface area contributed by atoms with Crippen LogP contribution in [0.5, 0.6) is 0 Å². The molecule has 0 aromatic heterocycles. The van der Waals surface area contributed by atoms with Crippen LogP contribution in [0.2, 0.25) is 0 Å². The number of rotatable bonds is 8. The van der Waals surface area contributed by atoms with Gasteiger partial charge in [-0.3, -0.25) is 14.4 Å². The number of aliphatic hydroxyl groups excluding tert-OH is 1. The van der Waals surface area contributed by atoms with E-state index < -0.39 is 22.6 Å². The first-order valence-electron chi connectivity index (χ1n) is 12.7. The fourth-order valence-electron chi connectivity index (χ4n) is 6.34. The standard InChI is InChI=1S/C28H33N3O4S/c1-17-8-6-9-18(2)23(17)30-26(34)24-28-13-12-20(36-28)21(22(28)27(35)31(24)14-7-15-32)25(33)29-16-19-10-4-3-5-11-19/h3-6,8-11,20-22,24,32H,7,12-16H2,1-2H3,(H,29,33)(H,30,34)/t20-,21+,22+,24?,28?/m1/s1. The lowest BCUT2D eigenvalue weighted by Gasteiger charge is -2.34. The third-order valence-electron chi connectivity index (χ3n) is 7.95. The SMILES string of the molecule is Cc1cccc(C)c1NC(=O)C1N(CCCO)C(=O)[C@@H]2[C@@H](C(=O)NCc3ccccc3)[C@H]3CCC12S3. The summed E-state index contributed by atoms with van der Waals surface area (Å²) < 4.78 is -0.632. The summed E-state index contributed by atoms with van der Waals surface area (Å²) >= 11 is 1.66. The van der Waals surface area contributed by atoms with Crippen LogP contribution in [0.1, 0.15) is 36.0 Å². The molecule has 7 nitrogen and oxygen atoms in total. The first-order chi connectivity index (χ1) is 17.4. The molecule has 5 rings (SSSR count). The van der Waals surface area contributed by atoms with E-state index in [1.807, 2.05) is 62.4 Å². The van der Waals surface area contributed by atoms with Crippen molar-refractivity contribution in [2.45, 2.75) is 55.7 Å². The second-order valence-corrected chi connectivity index (χ2v) is 11.7. The Hall–Kier alpha value is -2.84. The summed E-state index contributed by atoms with van der Waals surface area (Å²) in [4.78, 5) is 42.8. The molecule has 2 aromatic rings. The van der Waals surface area contributed by atoms with E-state index in [1.54, 1.807) is 16.7 Å². The molecule has 3 heterocycles. The Kier molecular flexibility index (Phi) is 6.83. The van der Waals surface area contributed by atoms with Gasteiger partial charge in [0.05, 0.1) is 16.6 Å². The van der Waals surface area contributed by atoms with Gasteiger partial charge < -0.3 is 20.6 Å². The highest BCUT2D eigenvalue weighted by Gasteiger charge is 2.73. The molecule has 3 saturated heterocycles. The molecule has 3 N–H and O–H groups in total. The molecule has 1 spiro atoms. The van der Waals surface area contributed by atoms with Gasteiger partial charge >= 0.3 is 0 Å². The van der Waals surface area contributed by atoms with Crippen LogP contribution in [0.3, 0.4) is 0 Å². The second-order valence-electron chi connectivity index (χ2n) is 10.1. The molecule has 36 heavy (non-hydrogen) atoms. The Balaban J connectivity index is 1.43. The highest BCUT2D eigenvalue weighted by molar-refractivity contribution is 8.02. The largest absolute Gasteiger partial charge is 0.396 e. The van der Waals surface area contributed by atoms with Gasteiger partial charge in [0.1, 0.15) is 6.04 Å². The molecule has 2 aromatic carbocycles. The number of likely N-dealkylation sites (tertiary alicyclic amines) is 1. The fourth-order valence-corrected chi connectivity index (χ4v) is 8.56. The molecule has 3 aliphatic heterocycles. The van der Waals surface area contributed by atoms with Crippen molar-refractivity contribution in [3.05, 3.63) is 65.2 Å². The van der Waals surface area contributed by atoms with E-state index in [1.165, 1.54) is 0 Å². The topological polar surface area (TPSA) is 98.7 Å². The number of amides is 3. The predicted octanol–water partition coefficient (Wildman–Crippen LogP) is 3.03. The Morgan fingerprint density at radius 1 is 1.08 bits per heavy atom. The summed E-state index contributed by atoms with van der Waals surface area (Å²) in [6.45, 7) is 4.55. The maximum absolute atomic E-state index is 13.9. The number of benzene rings is 2. The van der Waals surface area contributed by atoms with Gasteiger partial charge in [0.25, 0.3) is 0 Å². The van der Waals surface area contributed by atoms with Crippen LogP contribution in [-0.4, -0.2) is 56.9 Å². The van der Waals surface area contributed by atoms with E-state index in [9.17, 15) is 19.5 Å². The van der Waals surface area contributed by atoms with Gasteiger partial charge in [-0.1, -0.05) is 48.5 Å². The molecule has 190 valence electrons. The molecule has 2 bridgehead atoms. The van der Waals surface area contributed by atoms with Crippen molar-refractivity contribution in [3.8, 4) is 0 Å². The van der Waals surface area contributed by atoms with Crippen molar-refractivity contribution in [1.29, 1.82) is 0 Å². The molecule has 2 unspecified atom stereocenters. The van der Waals surface area contributed by atoms with Gasteiger partial charge in [0.15, 0.2) is 0 Å². The summed E-state index contributed by atoms with van der Waals surface area (Å²) in [6.07, 6.45) is 1.92. The minimum absolute atomic E-state index is 0.0187. The normalized spacial score (nSPS) is 28.3. The summed E-state index contributed by atoms with van der Waals surface area (Å²) in [5.41, 5.74) is 3.70. The van der Waals surface area contributed by atoms with Crippen molar-refractivity contribution in [1.82, 2.24) is 10.2 Å². The zero-order valence-electron chi connectivity index (χ0n) is 20.7. The van der Waals surface area contributed by atoms with Gasteiger partial charge in [0, 0.05) is 30.6 Å². The molecule has 3 aliphatic rings. The van der Waals surface area contributed by atoms with Crippen LogP contribution in [0.25, 0.3) is 0 Å². The number of aliphatic hydroxyl groups is 1. The van der Waals surface area contributed by atoms with Crippen molar-refractivity contribution in [3.63, 3.8) is 0 Å². The Bertz CT molecular complexity index is 1150. The van der Waals surface area contributed by atoms with E-state index in [4.69, 9.17) is 0 Å². The number of thioether (sulfide) groups is 1. The van der Waals surface area contributed by atoms with Crippen LogP contribution in [-0.2, 0) is 20.9 Å². The van der Waals surface area contributed by atoms with Gasteiger partial charge in [0.2, 0.25) is 17.7 Å². The first kappa shape index (κ1) is 24.8. The molecule has 0 aliphatic carbocycles. The highest BCUT2D eigenvalue weighted by atomic mass is 32.2. The van der Waals surface area contributed by atoms with Crippen LogP contribution >= 0.6 is 11.8 Å². The first-order valence-corrected chi connectivity index (χ1v) is 13.5. The summed E-state index contributed by atoms with van der Waals surface area (Å²) in [6, 6.07) is 14.9. The predicted molar refractivity (Wildman–Crippen MR) is 140 cm³/mol. The number of aryl methyl sites for hydroxylation is 2. The van der Waals surface area contributed by atoms with E-state index in [0.29, 0.717) is 19.5 Å². The van der Waals surface area contributed by atoms with Gasteiger partial charge in [-0.25, -0.2) is 0 Å². The maximum atomic E-state index is 13.9. The Morgan fingerprint density at radius 3 is 2.50 bits per heavy atom. The van der Waals surface area contributed by atoms with Crippen molar-refractivity contribution >= 4 is 35.2 Å². The molecular weight excluding hydrogens is 474 g/mol. The maximum Gasteiger partial charge on any atom is 0.248 e. The molecular formula is C28H33N3O4S. The van der Waals surface area contributed by atoms with E-state index >= 15 is 0 Å². The summed E-state index contributed by atoms with van der Waals surface area (Å²) in [5, 5.41) is 15.7. The average Bonchev–Trinajstić information content (AvgIpc) is 3.51. The fraction of sp³-hybridized carbons (Fsp3) is 0.464. The monoisotopic (exact) mass is 507 g/mol. The lowest BCUT2D eigenvalue weighted by atomic mass is 9.70. The highest BCUT2D eigenvalue weighted by Crippen LogP contribution is 2.66. The van der Waals surface area contributed by atoms with E-state index in [-0.39, 0.29) is 29.6 Å². The summed E-state index contributed by atoms with van der Waals surface area (Å²) in [5.74, 6) is -1.47. The number of fused-ring (bicyclic) bond motifs is 1. The van der Waals surface area contributed by atoms with Crippen LogP contribution in [0.4, 0.5) is 5.69 Å². The number of para-hydroxylation sites is 1. The Labute approximate surface area is 216 Å². The van der Waals surface area contributed by atoms with Crippen molar-refractivity contribution in [2.75, 3.05) is 18.5 Å². The van der Waals surface area contributed by atoms with E-state index in [0.717, 1.165) is 35.2 Å². The number of carbonyl (C=O) groups is 3. The molecule has 0 radical (unpaired) electrons. The average molecular weight is 508 g/mol. The van der Waals surface area contributed by atoms with Crippen molar-refractivity contribution in [2.24, 2.45) is 11.8 Å². The molecule has 8 heteroatoms. The minimum Gasteiger partial charge on any atom is -0.396 e. The number of anilines is 1. The minimum atomic E-state index is -0.678. The second kappa shape index (κ2) is 9.90. The van der Waals surface area contributed by atoms with Gasteiger partial charge in [-0.15, -0.1) is 11.8 Å². The molecule has 5 atom stereocenters.